The van der Waals surface area contributed by atoms with Gasteiger partial charge in [-0.05, 0) is 46.9 Å². The van der Waals surface area contributed by atoms with Crippen molar-refractivity contribution in [2.45, 2.75) is 51.4 Å². The molecule has 2 atom stereocenters. The Hall–Kier alpha value is -0.860. The van der Waals surface area contributed by atoms with E-state index in [-0.39, 0.29) is 29.5 Å². The normalized spacial score (nSPS) is 21.6. The van der Waals surface area contributed by atoms with Crippen molar-refractivity contribution in [1.29, 1.82) is 0 Å². The molecule has 1 saturated heterocycles. The van der Waals surface area contributed by atoms with Gasteiger partial charge >= 0.3 is 0 Å². The van der Waals surface area contributed by atoms with E-state index in [1.165, 1.54) is 5.56 Å². The molecule has 0 spiro atoms. The third-order valence-corrected chi connectivity index (χ3v) is 5.40. The zero-order valence-corrected chi connectivity index (χ0v) is 19.5. The summed E-state index contributed by atoms with van der Waals surface area (Å²) in [5.74, 6) is 0.897. The molecule has 26 heavy (non-hydrogen) atoms. The third-order valence-electron chi connectivity index (χ3n) is 5.40. The topological polar surface area (TPSA) is 42.9 Å². The fraction of sp³-hybridized carbons (Fsp3) is 0.650. The molecule has 1 aromatic rings. The number of nitrogens with zero attached hydrogens (tertiary/aromatic N) is 3. The van der Waals surface area contributed by atoms with Crippen LogP contribution in [-0.2, 0) is 6.54 Å². The van der Waals surface area contributed by atoms with Crippen LogP contribution in [0.2, 0.25) is 0 Å². The molecule has 1 aromatic carbocycles. The molecule has 6 heteroatoms. The molecule has 0 radical (unpaired) electrons. The molecule has 1 aliphatic rings. The van der Waals surface area contributed by atoms with Crippen molar-refractivity contribution in [1.82, 2.24) is 20.4 Å². The van der Waals surface area contributed by atoms with Crippen molar-refractivity contribution in [3.63, 3.8) is 0 Å². The van der Waals surface area contributed by atoms with Crippen LogP contribution in [0.3, 0.4) is 0 Å². The van der Waals surface area contributed by atoms with Crippen LogP contribution in [0.5, 0.6) is 0 Å². The second-order valence-electron chi connectivity index (χ2n) is 7.97. The van der Waals surface area contributed by atoms with Gasteiger partial charge in [0.2, 0.25) is 0 Å². The average Bonchev–Trinajstić information content (AvgIpc) is 2.91. The van der Waals surface area contributed by atoms with Gasteiger partial charge in [-0.2, -0.15) is 0 Å². The van der Waals surface area contributed by atoms with Gasteiger partial charge in [0.05, 0.1) is 0 Å². The Morgan fingerprint density at radius 2 is 1.92 bits per heavy atom. The lowest BCUT2D eigenvalue weighted by Crippen LogP contribution is -2.52. The minimum Gasteiger partial charge on any atom is -0.355 e. The predicted octanol–water partition coefficient (Wildman–Crippen LogP) is 2.77. The van der Waals surface area contributed by atoms with E-state index in [0.29, 0.717) is 12.1 Å². The second kappa shape index (κ2) is 10.5. The van der Waals surface area contributed by atoms with Crippen molar-refractivity contribution in [2.24, 2.45) is 4.99 Å². The summed E-state index contributed by atoms with van der Waals surface area (Å²) in [7, 11) is 6.06. The van der Waals surface area contributed by atoms with Gasteiger partial charge in [0.15, 0.2) is 5.96 Å². The summed E-state index contributed by atoms with van der Waals surface area (Å²) in [4.78, 5) is 9.18. The Balaban J connectivity index is 0.00000338. The van der Waals surface area contributed by atoms with Crippen LogP contribution in [0.25, 0.3) is 0 Å². The number of aliphatic imine (C=N–C) groups is 1. The van der Waals surface area contributed by atoms with Crippen molar-refractivity contribution in [3.05, 3.63) is 35.9 Å². The number of guanidine groups is 1. The molecular formula is C20H36IN5. The highest BCUT2D eigenvalue weighted by Crippen LogP contribution is 2.20. The van der Waals surface area contributed by atoms with Crippen LogP contribution in [-0.4, -0.2) is 67.6 Å². The summed E-state index contributed by atoms with van der Waals surface area (Å²) in [6.07, 6.45) is 1.14. The fourth-order valence-electron chi connectivity index (χ4n) is 3.09. The van der Waals surface area contributed by atoms with E-state index in [4.69, 9.17) is 0 Å². The summed E-state index contributed by atoms with van der Waals surface area (Å²) < 4.78 is 0. The molecule has 0 amide bonds. The van der Waals surface area contributed by atoms with Crippen molar-refractivity contribution in [3.8, 4) is 0 Å². The minimum absolute atomic E-state index is 0. The van der Waals surface area contributed by atoms with Gasteiger partial charge in [0.1, 0.15) is 0 Å². The van der Waals surface area contributed by atoms with Gasteiger partial charge in [0.25, 0.3) is 0 Å². The van der Waals surface area contributed by atoms with Crippen LogP contribution in [0.1, 0.15) is 32.8 Å². The van der Waals surface area contributed by atoms with Crippen molar-refractivity contribution in [2.75, 3.05) is 34.2 Å². The molecule has 1 heterocycles. The first-order chi connectivity index (χ1) is 11.8. The van der Waals surface area contributed by atoms with E-state index in [1.54, 1.807) is 0 Å². The van der Waals surface area contributed by atoms with Crippen LogP contribution < -0.4 is 10.6 Å². The molecule has 1 fully saturated rings. The lowest BCUT2D eigenvalue weighted by molar-refractivity contribution is 0.197. The first-order valence-corrected chi connectivity index (χ1v) is 9.24. The van der Waals surface area contributed by atoms with Crippen LogP contribution >= 0.6 is 24.0 Å². The number of likely N-dealkylation sites (tertiary alicyclic amines) is 1. The standard InChI is InChI=1S/C20H35N5.HI/c1-16-12-18(14-25(16)13-17-10-8-7-9-11-17)23-19(21-4)22-15-20(2,3)24(5)6;/h7-11,16,18H,12-15H2,1-6H3,(H2,21,22,23);1H. The van der Waals surface area contributed by atoms with Gasteiger partial charge in [-0.15, -0.1) is 24.0 Å². The molecule has 0 aliphatic carbocycles. The number of halogens is 1. The number of benzene rings is 1. The summed E-state index contributed by atoms with van der Waals surface area (Å²) >= 11 is 0. The lowest BCUT2D eigenvalue weighted by Gasteiger charge is -2.33. The SMILES string of the molecule is CN=C(NCC(C)(C)N(C)C)NC1CC(C)N(Cc2ccccc2)C1.I. The molecule has 5 nitrogen and oxygen atoms in total. The Morgan fingerprint density at radius 1 is 1.27 bits per heavy atom. The van der Waals surface area contributed by atoms with E-state index in [1.807, 2.05) is 7.05 Å². The van der Waals surface area contributed by atoms with Gasteiger partial charge in [-0.3, -0.25) is 9.89 Å². The maximum Gasteiger partial charge on any atom is 0.191 e. The fourth-order valence-corrected chi connectivity index (χ4v) is 3.09. The van der Waals surface area contributed by atoms with Gasteiger partial charge < -0.3 is 15.5 Å². The van der Waals surface area contributed by atoms with Crippen LogP contribution in [0.4, 0.5) is 0 Å². The van der Waals surface area contributed by atoms with Crippen LogP contribution in [0, 0.1) is 0 Å². The Kier molecular flexibility index (Phi) is 9.33. The maximum atomic E-state index is 4.41. The first kappa shape index (κ1) is 23.2. The largest absolute Gasteiger partial charge is 0.355 e. The zero-order chi connectivity index (χ0) is 18.4. The minimum atomic E-state index is 0. The van der Waals surface area contributed by atoms with Gasteiger partial charge in [-0.1, -0.05) is 30.3 Å². The lowest BCUT2D eigenvalue weighted by atomic mass is 10.0. The number of nitrogens with one attached hydrogen (secondary N) is 2. The number of likely N-dealkylation sites (N-methyl/N-ethyl adjacent to an activating group) is 1. The quantitative estimate of drug-likeness (QED) is 0.379. The highest BCUT2D eigenvalue weighted by Gasteiger charge is 2.29. The highest BCUT2D eigenvalue weighted by atomic mass is 127. The second-order valence-corrected chi connectivity index (χ2v) is 7.97. The Morgan fingerprint density at radius 3 is 2.50 bits per heavy atom. The molecule has 148 valence electrons. The molecule has 2 N–H and O–H groups in total. The summed E-state index contributed by atoms with van der Waals surface area (Å²) in [6, 6.07) is 11.7. The molecule has 1 aliphatic heterocycles. The summed E-state index contributed by atoms with van der Waals surface area (Å²) in [5.41, 5.74) is 1.46. The summed E-state index contributed by atoms with van der Waals surface area (Å²) in [5, 5.41) is 7.08. The zero-order valence-electron chi connectivity index (χ0n) is 17.1. The molecule has 2 unspecified atom stereocenters. The van der Waals surface area contributed by atoms with Crippen LogP contribution in [0.15, 0.2) is 35.3 Å². The smallest absolute Gasteiger partial charge is 0.191 e. The Labute approximate surface area is 176 Å². The van der Waals surface area contributed by atoms with Gasteiger partial charge in [-0.25, -0.2) is 0 Å². The molecule has 0 saturated carbocycles. The molecule has 0 aromatic heterocycles. The average molecular weight is 473 g/mol. The number of hydrogen-bond acceptors (Lipinski definition) is 3. The predicted molar refractivity (Wildman–Crippen MR) is 122 cm³/mol. The van der Waals surface area contributed by atoms with Crippen molar-refractivity contribution < 1.29 is 0 Å². The summed E-state index contributed by atoms with van der Waals surface area (Å²) in [6.45, 7) is 9.69. The van der Waals surface area contributed by atoms with E-state index in [2.05, 4.69) is 90.6 Å². The monoisotopic (exact) mass is 473 g/mol. The molecule has 0 bridgehead atoms. The van der Waals surface area contributed by atoms with Crippen molar-refractivity contribution >= 4 is 29.9 Å². The number of hydrogen-bond donors (Lipinski definition) is 2. The van der Waals surface area contributed by atoms with E-state index >= 15 is 0 Å². The highest BCUT2D eigenvalue weighted by molar-refractivity contribution is 14.0. The maximum absolute atomic E-state index is 4.41. The van der Waals surface area contributed by atoms with E-state index in [0.717, 1.165) is 32.0 Å². The molecule has 2 rings (SSSR count). The first-order valence-electron chi connectivity index (χ1n) is 9.24. The third kappa shape index (κ3) is 6.70. The van der Waals surface area contributed by atoms with Gasteiger partial charge in [0, 0.05) is 44.3 Å². The van der Waals surface area contributed by atoms with E-state index in [9.17, 15) is 0 Å². The van der Waals surface area contributed by atoms with E-state index < -0.39 is 0 Å². The molecular weight excluding hydrogens is 437 g/mol. The Bertz CT molecular complexity index is 559. The number of rotatable bonds is 6.